The summed E-state index contributed by atoms with van der Waals surface area (Å²) in [6.07, 6.45) is 4.62. The van der Waals surface area contributed by atoms with Crippen LogP contribution in [-0.2, 0) is 0 Å². The summed E-state index contributed by atoms with van der Waals surface area (Å²) in [6.45, 7) is 2.20. The summed E-state index contributed by atoms with van der Waals surface area (Å²) in [5, 5.41) is 1.15. The predicted octanol–water partition coefficient (Wildman–Crippen LogP) is 4.58. The Kier molecular flexibility index (Phi) is 4.72. The highest BCUT2D eigenvalue weighted by Crippen LogP contribution is 2.27. The van der Waals surface area contributed by atoms with Gasteiger partial charge in [0.05, 0.1) is 11.2 Å². The number of fused-ring (bicyclic) bond motifs is 1. The van der Waals surface area contributed by atoms with Crippen LogP contribution in [0.3, 0.4) is 0 Å². The maximum absolute atomic E-state index is 6.24. The summed E-state index contributed by atoms with van der Waals surface area (Å²) in [7, 11) is 0. The lowest BCUT2D eigenvalue weighted by Crippen LogP contribution is -2.12. The molecule has 2 N–H and O–H groups in total. The van der Waals surface area contributed by atoms with Gasteiger partial charge in [0.25, 0.3) is 0 Å². The minimum Gasteiger partial charge on any atom is -0.323 e. The molecule has 1 atom stereocenters. The van der Waals surface area contributed by atoms with Crippen molar-refractivity contribution in [2.45, 2.75) is 38.6 Å². The molecule has 0 amide bonds. The van der Waals surface area contributed by atoms with Gasteiger partial charge in [0, 0.05) is 15.9 Å². The van der Waals surface area contributed by atoms with E-state index in [-0.39, 0.29) is 6.04 Å². The van der Waals surface area contributed by atoms with Crippen molar-refractivity contribution in [3.63, 3.8) is 0 Å². The molecule has 0 aliphatic carbocycles. The van der Waals surface area contributed by atoms with E-state index in [1.165, 1.54) is 19.3 Å². The zero-order valence-electron chi connectivity index (χ0n) is 10.7. The van der Waals surface area contributed by atoms with E-state index in [4.69, 9.17) is 5.73 Å². The third-order valence-electron chi connectivity index (χ3n) is 3.17. The summed E-state index contributed by atoms with van der Waals surface area (Å²) in [5.41, 5.74) is 8.23. The number of hydrogen-bond acceptors (Lipinski definition) is 2. The number of hydrogen-bond donors (Lipinski definition) is 1. The first-order chi connectivity index (χ1) is 8.72. The minimum absolute atomic E-state index is 0.0236. The molecule has 0 bridgehead atoms. The van der Waals surface area contributed by atoms with Crippen LogP contribution in [0.5, 0.6) is 0 Å². The predicted molar refractivity (Wildman–Crippen MR) is 80.5 cm³/mol. The van der Waals surface area contributed by atoms with Crippen molar-refractivity contribution in [2.24, 2.45) is 5.73 Å². The van der Waals surface area contributed by atoms with Gasteiger partial charge in [0.1, 0.15) is 0 Å². The Morgan fingerprint density at radius 2 is 2.06 bits per heavy atom. The van der Waals surface area contributed by atoms with Crippen molar-refractivity contribution >= 4 is 26.8 Å². The Balaban J connectivity index is 2.24. The summed E-state index contributed by atoms with van der Waals surface area (Å²) in [6, 6.07) is 10.3. The second-order valence-electron chi connectivity index (χ2n) is 4.65. The number of rotatable bonds is 5. The first-order valence-corrected chi connectivity index (χ1v) is 7.32. The monoisotopic (exact) mass is 306 g/mol. The van der Waals surface area contributed by atoms with Gasteiger partial charge in [0.2, 0.25) is 0 Å². The molecule has 1 unspecified atom stereocenters. The van der Waals surface area contributed by atoms with Crippen molar-refractivity contribution in [3.05, 3.63) is 40.5 Å². The van der Waals surface area contributed by atoms with Crippen molar-refractivity contribution in [3.8, 4) is 0 Å². The molecular weight excluding hydrogens is 288 g/mol. The van der Waals surface area contributed by atoms with E-state index in [1.54, 1.807) is 0 Å². The molecule has 2 aromatic rings. The molecule has 0 aliphatic heterocycles. The van der Waals surface area contributed by atoms with Crippen molar-refractivity contribution < 1.29 is 0 Å². The summed E-state index contributed by atoms with van der Waals surface area (Å²) >= 11 is 3.58. The molecule has 2 nitrogen and oxygen atoms in total. The van der Waals surface area contributed by atoms with E-state index in [1.807, 2.05) is 18.2 Å². The van der Waals surface area contributed by atoms with E-state index in [9.17, 15) is 0 Å². The van der Waals surface area contributed by atoms with Gasteiger partial charge >= 0.3 is 0 Å². The first kappa shape index (κ1) is 13.5. The van der Waals surface area contributed by atoms with Crippen LogP contribution in [0.25, 0.3) is 10.9 Å². The SMILES string of the molecule is CCCCCC(N)c1nc2ccccc2cc1Br. The lowest BCUT2D eigenvalue weighted by atomic mass is 10.0. The average Bonchev–Trinajstić information content (AvgIpc) is 2.38. The third-order valence-corrected chi connectivity index (χ3v) is 3.81. The second kappa shape index (κ2) is 6.30. The summed E-state index contributed by atoms with van der Waals surface area (Å²) < 4.78 is 1.02. The van der Waals surface area contributed by atoms with Crippen LogP contribution >= 0.6 is 15.9 Å². The molecule has 2 rings (SSSR count). The molecule has 0 saturated carbocycles. The zero-order chi connectivity index (χ0) is 13.0. The number of halogens is 1. The van der Waals surface area contributed by atoms with Gasteiger partial charge in [-0.15, -0.1) is 0 Å². The fourth-order valence-electron chi connectivity index (χ4n) is 2.12. The Bertz CT molecular complexity index is 525. The highest BCUT2D eigenvalue weighted by molar-refractivity contribution is 9.10. The van der Waals surface area contributed by atoms with Crippen molar-refractivity contribution in [2.75, 3.05) is 0 Å². The quantitative estimate of drug-likeness (QED) is 0.821. The van der Waals surface area contributed by atoms with Gasteiger partial charge in [0.15, 0.2) is 0 Å². The maximum atomic E-state index is 6.24. The van der Waals surface area contributed by atoms with Crippen LogP contribution in [-0.4, -0.2) is 4.98 Å². The lowest BCUT2D eigenvalue weighted by molar-refractivity contribution is 0.570. The van der Waals surface area contributed by atoms with Crippen LogP contribution in [0.15, 0.2) is 34.8 Å². The van der Waals surface area contributed by atoms with E-state index < -0.39 is 0 Å². The number of nitrogens with two attached hydrogens (primary N) is 1. The van der Waals surface area contributed by atoms with Crippen LogP contribution < -0.4 is 5.73 Å². The summed E-state index contributed by atoms with van der Waals surface area (Å²) in [5.74, 6) is 0. The van der Waals surface area contributed by atoms with E-state index in [0.29, 0.717) is 0 Å². The number of nitrogens with zero attached hydrogens (tertiary/aromatic N) is 1. The molecule has 18 heavy (non-hydrogen) atoms. The van der Waals surface area contributed by atoms with E-state index >= 15 is 0 Å². The number of unbranched alkanes of at least 4 members (excludes halogenated alkanes) is 2. The van der Waals surface area contributed by atoms with Crippen LogP contribution in [0.4, 0.5) is 0 Å². The summed E-state index contributed by atoms with van der Waals surface area (Å²) in [4.78, 5) is 4.68. The molecule has 96 valence electrons. The number of pyridine rings is 1. The molecule has 1 aromatic carbocycles. The standard InChI is InChI=1S/C15H19BrN2/c1-2-3-4-8-13(17)15-12(16)10-11-7-5-6-9-14(11)18-15/h5-7,9-10,13H,2-4,8,17H2,1H3. The number of aromatic nitrogens is 1. The number of para-hydroxylation sites is 1. The van der Waals surface area contributed by atoms with Gasteiger partial charge in [-0.25, -0.2) is 4.98 Å². The van der Waals surface area contributed by atoms with E-state index in [2.05, 4.69) is 40.0 Å². The molecule has 0 aliphatic rings. The first-order valence-electron chi connectivity index (χ1n) is 6.53. The Hall–Kier alpha value is -0.930. The maximum Gasteiger partial charge on any atom is 0.0720 e. The molecule has 0 spiro atoms. The molecular formula is C15H19BrN2. The highest BCUT2D eigenvalue weighted by Gasteiger charge is 2.12. The fourth-order valence-corrected chi connectivity index (χ4v) is 2.75. The Morgan fingerprint density at radius 1 is 1.28 bits per heavy atom. The molecule has 0 radical (unpaired) electrons. The molecule has 1 aromatic heterocycles. The largest absolute Gasteiger partial charge is 0.323 e. The van der Waals surface area contributed by atoms with Gasteiger partial charge in [-0.3, -0.25) is 0 Å². The third kappa shape index (κ3) is 3.09. The highest BCUT2D eigenvalue weighted by atomic mass is 79.9. The van der Waals surface area contributed by atoms with Crippen molar-refractivity contribution in [1.29, 1.82) is 0 Å². The Morgan fingerprint density at radius 3 is 2.83 bits per heavy atom. The topological polar surface area (TPSA) is 38.9 Å². The van der Waals surface area contributed by atoms with Gasteiger partial charge in [-0.1, -0.05) is 44.4 Å². The Labute approximate surface area is 117 Å². The lowest BCUT2D eigenvalue weighted by Gasteiger charge is -2.13. The van der Waals surface area contributed by atoms with Crippen LogP contribution in [0.2, 0.25) is 0 Å². The van der Waals surface area contributed by atoms with Gasteiger partial charge in [-0.05, 0) is 34.5 Å². The van der Waals surface area contributed by atoms with Gasteiger partial charge < -0.3 is 5.73 Å². The smallest absolute Gasteiger partial charge is 0.0720 e. The minimum atomic E-state index is 0.0236. The fraction of sp³-hybridized carbons (Fsp3) is 0.400. The second-order valence-corrected chi connectivity index (χ2v) is 5.50. The molecule has 3 heteroatoms. The molecule has 0 saturated heterocycles. The zero-order valence-corrected chi connectivity index (χ0v) is 12.3. The van der Waals surface area contributed by atoms with Crippen LogP contribution in [0, 0.1) is 0 Å². The molecule has 1 heterocycles. The normalized spacial score (nSPS) is 12.8. The number of benzene rings is 1. The van der Waals surface area contributed by atoms with Crippen molar-refractivity contribution in [1.82, 2.24) is 4.98 Å². The van der Waals surface area contributed by atoms with E-state index in [0.717, 1.165) is 27.5 Å². The molecule has 0 fully saturated rings. The average molecular weight is 307 g/mol. The van der Waals surface area contributed by atoms with Crippen LogP contribution in [0.1, 0.15) is 44.3 Å². The van der Waals surface area contributed by atoms with Gasteiger partial charge in [-0.2, -0.15) is 0 Å².